The maximum atomic E-state index is 9.90. The van der Waals surface area contributed by atoms with Crippen LogP contribution in [0.25, 0.3) is 22.3 Å². The van der Waals surface area contributed by atoms with Crippen LogP contribution in [-0.2, 0) is 31.8 Å². The first-order valence-corrected chi connectivity index (χ1v) is 23.2. The van der Waals surface area contributed by atoms with Crippen LogP contribution in [0.3, 0.4) is 0 Å². The number of aryl methyl sites for hydroxylation is 2. The number of nitrogens with two attached hydrogens (primary N) is 1. The van der Waals surface area contributed by atoms with Gasteiger partial charge >= 0.3 is 0 Å². The van der Waals surface area contributed by atoms with Crippen LogP contribution >= 0.6 is 34.8 Å². The van der Waals surface area contributed by atoms with Gasteiger partial charge in [-0.25, -0.2) is 14.3 Å². The number of hydrogen-bond acceptors (Lipinski definition) is 16. The molecule has 65 heavy (non-hydrogen) atoms. The fraction of sp³-hybridized carbons (Fsp3) is 0.545. The summed E-state index contributed by atoms with van der Waals surface area (Å²) in [7, 11) is 0. The van der Waals surface area contributed by atoms with Crippen molar-refractivity contribution in [2.75, 3.05) is 18.5 Å². The van der Waals surface area contributed by atoms with Crippen molar-refractivity contribution in [2.24, 2.45) is 17.6 Å². The molecule has 6 aromatic rings. The van der Waals surface area contributed by atoms with Crippen molar-refractivity contribution < 1.29 is 29.2 Å². The Morgan fingerprint density at radius 3 is 1.74 bits per heavy atom. The number of halogens is 3. The molecule has 12 rings (SSSR count). The molecule has 10 atom stereocenters. The standard InChI is InChI=1S/C22H25ClN6O3.C13H15Cl2N5O3.C9H11N/c1-22(2)31-17-12(10-30)9-15(18(17)32-22)29-20-16(27-28-29)19(25-21(23)26-20)24-14-8-7-11-5-3-4-6-13(11)14;1-13(2)22-8-5(4-21)3-6(9(8)23-13)20-11-7(18-19-20)10(14)16-12(15)17-11;10-9-6-5-7-3-1-2-4-8(7)9/h3-6,12,14-15,17-18,30H,7-10H2,1-2H3,(H,24,25,26);5-6,8-9,21H,3-4H2,1-2H3;1-4,9H,5-6,10H2/t12-,14+,15-,17-,18+;5-,6-,8-,9+;9-/m110/s1. The molecule has 6 aliphatic rings. The van der Waals surface area contributed by atoms with E-state index in [2.05, 4.69) is 94.4 Å². The molecule has 21 heteroatoms. The van der Waals surface area contributed by atoms with Gasteiger partial charge in [0.15, 0.2) is 44.9 Å². The van der Waals surface area contributed by atoms with E-state index in [4.69, 9.17) is 59.5 Å². The summed E-state index contributed by atoms with van der Waals surface area (Å²) in [5.41, 5.74) is 13.2. The SMILES string of the molecule is CC1(C)O[C@@H]2[C@@H](CO)C[C@@H](n3nnc4c(Cl)nc(Cl)nc43)[C@@H]2O1.CC1(C)O[C@@H]2[C@@H](CO)C[C@@H](n3nnc4c(N[C@H]5CCc6ccccc65)nc(Cl)nc43)[C@@H]2O1.N[C@H]1CCc2ccccc21. The van der Waals surface area contributed by atoms with E-state index < -0.39 is 11.6 Å². The summed E-state index contributed by atoms with van der Waals surface area (Å²) in [5, 5.41) is 40.4. The lowest BCUT2D eigenvalue weighted by Crippen LogP contribution is -2.28. The Balaban J connectivity index is 0.000000131. The minimum Gasteiger partial charge on any atom is -0.396 e. The molecule has 2 saturated carbocycles. The first-order valence-electron chi connectivity index (χ1n) is 22.0. The third-order valence-electron chi connectivity index (χ3n) is 13.4. The van der Waals surface area contributed by atoms with E-state index in [0.29, 0.717) is 47.0 Å². The van der Waals surface area contributed by atoms with Gasteiger partial charge in [0.05, 0.1) is 30.3 Å². The van der Waals surface area contributed by atoms with E-state index in [1.54, 1.807) is 9.36 Å². The summed E-state index contributed by atoms with van der Waals surface area (Å²) in [6, 6.07) is 17.0. The van der Waals surface area contributed by atoms with Gasteiger partial charge in [0.2, 0.25) is 10.6 Å². The number of nitrogens with one attached hydrogen (secondary N) is 1. The molecule has 0 bridgehead atoms. The van der Waals surface area contributed by atoms with Gasteiger partial charge in [-0.2, -0.15) is 15.0 Å². The van der Waals surface area contributed by atoms with Crippen LogP contribution in [0.2, 0.25) is 15.7 Å². The lowest BCUT2D eigenvalue weighted by Gasteiger charge is -2.23. The molecular weight excluding hydrogens is 899 g/mol. The van der Waals surface area contributed by atoms with Crippen molar-refractivity contribution in [2.45, 2.75) is 126 Å². The second-order valence-corrected chi connectivity index (χ2v) is 19.5. The lowest BCUT2D eigenvalue weighted by molar-refractivity contribution is -0.162. The number of aliphatic hydroxyl groups is 2. The molecule has 0 amide bonds. The number of ether oxygens (including phenoxy) is 4. The number of nitrogens with zero attached hydrogens (tertiary/aromatic N) is 10. The summed E-state index contributed by atoms with van der Waals surface area (Å²) in [6.07, 6.45) is 4.66. The molecule has 4 fully saturated rings. The minimum atomic E-state index is -0.715. The van der Waals surface area contributed by atoms with Crippen LogP contribution in [-0.4, -0.2) is 109 Å². The second-order valence-electron chi connectivity index (χ2n) is 18.4. The number of anilines is 1. The largest absolute Gasteiger partial charge is 0.396 e. The Bertz CT molecular complexity index is 2720. The quantitative estimate of drug-likeness (QED) is 0.106. The number of fused-ring (bicyclic) bond motifs is 6. The summed E-state index contributed by atoms with van der Waals surface area (Å²) in [4.78, 5) is 16.9. The van der Waals surface area contributed by atoms with E-state index >= 15 is 0 Å². The van der Waals surface area contributed by atoms with Crippen molar-refractivity contribution in [3.8, 4) is 0 Å². The number of rotatable bonds is 6. The van der Waals surface area contributed by atoms with Gasteiger partial charge < -0.3 is 40.2 Å². The van der Waals surface area contributed by atoms with Gasteiger partial charge in [-0.05, 0) is 112 Å². The Morgan fingerprint density at radius 1 is 0.662 bits per heavy atom. The van der Waals surface area contributed by atoms with E-state index in [9.17, 15) is 10.2 Å². The van der Waals surface area contributed by atoms with E-state index in [1.165, 1.54) is 22.3 Å². The highest BCUT2D eigenvalue weighted by molar-refractivity contribution is 6.35. The van der Waals surface area contributed by atoms with Crippen molar-refractivity contribution >= 4 is 62.9 Å². The lowest BCUT2D eigenvalue weighted by atomic mass is 10.1. The molecule has 6 heterocycles. The zero-order chi connectivity index (χ0) is 45.4. The Morgan fingerprint density at radius 2 is 1.15 bits per heavy atom. The average Bonchev–Trinajstić information content (AvgIpc) is 4.16. The van der Waals surface area contributed by atoms with Crippen LogP contribution < -0.4 is 11.1 Å². The maximum absolute atomic E-state index is 9.90. The predicted molar refractivity (Wildman–Crippen MR) is 240 cm³/mol. The fourth-order valence-corrected chi connectivity index (χ4v) is 11.1. The molecule has 4 aliphatic carbocycles. The van der Waals surface area contributed by atoms with Gasteiger partial charge in [0.25, 0.3) is 0 Å². The number of benzene rings is 2. The summed E-state index contributed by atoms with van der Waals surface area (Å²) >= 11 is 18.3. The smallest absolute Gasteiger partial charge is 0.226 e. The molecule has 18 nitrogen and oxygen atoms in total. The molecule has 0 radical (unpaired) electrons. The highest BCUT2D eigenvalue weighted by Gasteiger charge is 2.56. The van der Waals surface area contributed by atoms with Gasteiger partial charge in [-0.1, -0.05) is 70.6 Å². The monoisotopic (exact) mass is 948 g/mol. The Kier molecular flexibility index (Phi) is 12.0. The minimum absolute atomic E-state index is 0.0141. The zero-order valence-electron chi connectivity index (χ0n) is 36.3. The van der Waals surface area contributed by atoms with Crippen LogP contribution in [0.4, 0.5) is 5.82 Å². The van der Waals surface area contributed by atoms with E-state index in [-0.39, 0.29) is 83.3 Å². The third-order valence-corrected chi connectivity index (χ3v) is 14.0. The van der Waals surface area contributed by atoms with Gasteiger partial charge in [-0.3, -0.25) is 0 Å². The van der Waals surface area contributed by atoms with Crippen molar-refractivity contribution in [3.05, 3.63) is 86.5 Å². The third kappa shape index (κ3) is 8.44. The van der Waals surface area contributed by atoms with Crippen molar-refractivity contribution in [1.29, 1.82) is 0 Å². The molecule has 2 aliphatic heterocycles. The van der Waals surface area contributed by atoms with Gasteiger partial charge in [0.1, 0.15) is 12.2 Å². The first kappa shape index (κ1) is 44.6. The molecule has 5 N–H and O–H groups in total. The molecule has 2 saturated heterocycles. The first-order chi connectivity index (χ1) is 31.2. The number of hydrogen-bond donors (Lipinski definition) is 4. The Labute approximate surface area is 389 Å². The van der Waals surface area contributed by atoms with Crippen LogP contribution in [0, 0.1) is 11.8 Å². The zero-order valence-corrected chi connectivity index (χ0v) is 38.5. The summed E-state index contributed by atoms with van der Waals surface area (Å²) in [6.45, 7) is 7.51. The number of aliphatic hydroxyl groups excluding tert-OH is 2. The van der Waals surface area contributed by atoms with Crippen LogP contribution in [0.1, 0.15) is 99.8 Å². The maximum Gasteiger partial charge on any atom is 0.226 e. The van der Waals surface area contributed by atoms with Crippen LogP contribution in [0.15, 0.2) is 48.5 Å². The second kappa shape index (κ2) is 17.5. The molecule has 4 aromatic heterocycles. The van der Waals surface area contributed by atoms with E-state index in [1.807, 2.05) is 27.7 Å². The average molecular weight is 950 g/mol. The molecule has 344 valence electrons. The van der Waals surface area contributed by atoms with Crippen molar-refractivity contribution in [3.63, 3.8) is 0 Å². The summed E-state index contributed by atoms with van der Waals surface area (Å²) in [5.74, 6) is -0.936. The normalized spacial score (nSPS) is 30.1. The van der Waals surface area contributed by atoms with E-state index in [0.717, 1.165) is 25.7 Å². The Hall–Kier alpha value is -4.21. The predicted octanol–water partition coefficient (Wildman–Crippen LogP) is 6.28. The van der Waals surface area contributed by atoms with Crippen molar-refractivity contribution in [1.82, 2.24) is 49.9 Å². The highest BCUT2D eigenvalue weighted by Crippen LogP contribution is 2.49. The molecule has 0 spiro atoms. The van der Waals surface area contributed by atoms with Crippen LogP contribution in [0.5, 0.6) is 0 Å². The summed E-state index contributed by atoms with van der Waals surface area (Å²) < 4.78 is 27.6. The molecule has 0 unspecified atom stereocenters. The fourth-order valence-electron chi connectivity index (χ4n) is 10.5. The number of aromatic nitrogens is 10. The van der Waals surface area contributed by atoms with Gasteiger partial charge in [-0.15, -0.1) is 10.2 Å². The molecule has 2 aromatic carbocycles. The topological polar surface area (TPSA) is 228 Å². The highest BCUT2D eigenvalue weighted by atomic mass is 35.5. The van der Waals surface area contributed by atoms with Gasteiger partial charge in [0, 0.05) is 31.1 Å². The molecular formula is C44H51Cl3N12O6.